The van der Waals surface area contributed by atoms with Crippen molar-refractivity contribution in [3.63, 3.8) is 0 Å². The molecule has 0 radical (unpaired) electrons. The summed E-state index contributed by atoms with van der Waals surface area (Å²) in [6, 6.07) is 7.41. The molecule has 0 saturated heterocycles. The maximum absolute atomic E-state index is 11.5. The van der Waals surface area contributed by atoms with E-state index in [2.05, 4.69) is 15.2 Å². The van der Waals surface area contributed by atoms with Crippen LogP contribution < -0.4 is 0 Å². The molecule has 2 N–H and O–H groups in total. The van der Waals surface area contributed by atoms with Gasteiger partial charge < -0.3 is 9.52 Å². The lowest BCUT2D eigenvalue weighted by Gasteiger charge is -2.00. The summed E-state index contributed by atoms with van der Waals surface area (Å²) in [5.74, 6) is -0.00125. The number of hydrogen-bond donors (Lipinski definition) is 2. The normalized spacial score (nSPS) is 11.6. The molecule has 2 heterocycles. The highest BCUT2D eigenvalue weighted by Crippen LogP contribution is 2.32. The van der Waals surface area contributed by atoms with E-state index >= 15 is 0 Å². The Bertz CT molecular complexity index is 1060. The van der Waals surface area contributed by atoms with Crippen LogP contribution in [0, 0.1) is 17.0 Å². The van der Waals surface area contributed by atoms with Crippen LogP contribution in [0.15, 0.2) is 44.8 Å². The van der Waals surface area contributed by atoms with Crippen LogP contribution in [0.2, 0.25) is 5.02 Å². The summed E-state index contributed by atoms with van der Waals surface area (Å²) in [7, 11) is 0. The van der Waals surface area contributed by atoms with E-state index in [4.69, 9.17) is 16.0 Å². The molecule has 3 aromatic rings. The maximum atomic E-state index is 11.5. The van der Waals surface area contributed by atoms with E-state index in [1.807, 2.05) is 0 Å². The highest BCUT2D eigenvalue weighted by Gasteiger charge is 2.17. The summed E-state index contributed by atoms with van der Waals surface area (Å²) >= 11 is 6.67. The van der Waals surface area contributed by atoms with Crippen molar-refractivity contribution >= 4 is 41.1 Å². The minimum Gasteiger partial charge on any atom is -0.477 e. The van der Waals surface area contributed by atoms with Crippen LogP contribution in [0.1, 0.15) is 11.6 Å². The lowest BCUT2D eigenvalue weighted by molar-refractivity contribution is -0.384. The molecule has 0 bridgehead atoms. The number of furan rings is 1. The molecule has 0 fully saturated rings. The topological polar surface area (TPSA) is 135 Å². The number of carboxylic acids is 1. The predicted molar refractivity (Wildman–Crippen MR) is 98.4 cm³/mol. The summed E-state index contributed by atoms with van der Waals surface area (Å²) in [6.07, 6.45) is 1.33. The van der Waals surface area contributed by atoms with Crippen molar-refractivity contribution in [1.29, 1.82) is 0 Å². The van der Waals surface area contributed by atoms with Gasteiger partial charge in [-0.15, -0.1) is 5.10 Å². The number of halogens is 1. The molecule has 9 nitrogen and oxygen atoms in total. The number of thioether (sulfide) groups is 1. The van der Waals surface area contributed by atoms with Crippen molar-refractivity contribution in [1.82, 2.24) is 15.2 Å². The molecule has 3 rings (SSSR count). The molecule has 0 unspecified atom stereocenters. The number of benzene rings is 1. The second kappa shape index (κ2) is 7.64. The van der Waals surface area contributed by atoms with Gasteiger partial charge in [0.15, 0.2) is 0 Å². The molecule has 0 aliphatic heterocycles. The Hall–Kier alpha value is -3.11. The molecular formula is C16H11ClN4O5S. The number of aryl methyl sites for hydroxylation is 1. The number of nitrogens with zero attached hydrogens (tertiary/aromatic N) is 3. The highest BCUT2D eigenvalue weighted by molar-refractivity contribution is 8.04. The first-order chi connectivity index (χ1) is 12.8. The zero-order valence-electron chi connectivity index (χ0n) is 13.7. The fourth-order valence-corrected chi connectivity index (χ4v) is 3.04. The Balaban J connectivity index is 1.89. The summed E-state index contributed by atoms with van der Waals surface area (Å²) in [5, 5.41) is 27.2. The number of rotatable bonds is 6. The summed E-state index contributed by atoms with van der Waals surface area (Å²) < 4.78 is 5.60. The van der Waals surface area contributed by atoms with E-state index in [-0.39, 0.29) is 26.5 Å². The van der Waals surface area contributed by atoms with Crippen LogP contribution in [0.5, 0.6) is 0 Å². The minimum absolute atomic E-state index is 0.0155. The number of hydrogen-bond acceptors (Lipinski definition) is 7. The predicted octanol–water partition coefficient (Wildman–Crippen LogP) is 4.15. The molecule has 11 heteroatoms. The van der Waals surface area contributed by atoms with Crippen molar-refractivity contribution in [2.45, 2.75) is 12.1 Å². The van der Waals surface area contributed by atoms with Gasteiger partial charge in [-0.1, -0.05) is 11.6 Å². The molecule has 0 spiro atoms. The monoisotopic (exact) mass is 406 g/mol. The SMILES string of the molecule is Cc1nc(S/C(=C\c2ccc(-c3ccc(Cl)c([N+](=O)[O-])c3)o2)C(=O)O)n[nH]1. The lowest BCUT2D eigenvalue weighted by atomic mass is 10.1. The number of aliphatic carboxylic acids is 1. The number of aromatic amines is 1. The summed E-state index contributed by atoms with van der Waals surface area (Å²) in [5.41, 5.74) is 0.198. The maximum Gasteiger partial charge on any atom is 0.342 e. The number of aromatic nitrogens is 3. The van der Waals surface area contributed by atoms with E-state index in [0.29, 0.717) is 17.1 Å². The van der Waals surface area contributed by atoms with E-state index in [1.165, 1.54) is 18.2 Å². The number of nitro benzene ring substituents is 1. The fraction of sp³-hybridized carbons (Fsp3) is 0.0625. The summed E-state index contributed by atoms with van der Waals surface area (Å²) in [6.45, 7) is 1.70. The van der Waals surface area contributed by atoms with Gasteiger partial charge in [-0.25, -0.2) is 9.78 Å². The average Bonchev–Trinajstić information content (AvgIpc) is 3.23. The van der Waals surface area contributed by atoms with E-state index in [9.17, 15) is 20.0 Å². The van der Waals surface area contributed by atoms with Gasteiger partial charge in [0.25, 0.3) is 5.69 Å². The number of H-pyrrole nitrogens is 1. The molecular weight excluding hydrogens is 396 g/mol. The quantitative estimate of drug-likeness (QED) is 0.269. The third-order valence-electron chi connectivity index (χ3n) is 3.32. The third-order valence-corrected chi connectivity index (χ3v) is 4.51. The smallest absolute Gasteiger partial charge is 0.342 e. The average molecular weight is 407 g/mol. The molecule has 0 aliphatic rings. The van der Waals surface area contributed by atoms with E-state index in [1.54, 1.807) is 25.1 Å². The van der Waals surface area contributed by atoms with Crippen molar-refractivity contribution in [3.05, 3.63) is 62.0 Å². The largest absolute Gasteiger partial charge is 0.477 e. The number of carboxylic acid groups (broad SMARTS) is 1. The minimum atomic E-state index is -1.16. The molecule has 1 aromatic carbocycles. The first kappa shape index (κ1) is 18.7. The van der Waals surface area contributed by atoms with Crippen LogP contribution >= 0.6 is 23.4 Å². The van der Waals surface area contributed by atoms with E-state index in [0.717, 1.165) is 11.8 Å². The molecule has 0 amide bonds. The van der Waals surface area contributed by atoms with Crippen molar-refractivity contribution < 1.29 is 19.2 Å². The van der Waals surface area contributed by atoms with Crippen LogP contribution in [0.3, 0.4) is 0 Å². The van der Waals surface area contributed by atoms with Gasteiger partial charge in [0.05, 0.1) is 4.92 Å². The lowest BCUT2D eigenvalue weighted by Crippen LogP contribution is -1.97. The second-order valence-electron chi connectivity index (χ2n) is 5.24. The zero-order valence-corrected chi connectivity index (χ0v) is 15.2. The standard InChI is InChI=1S/C16H11ClN4O5S/c1-8-18-16(20-19-8)27-14(15(22)23)7-10-3-5-13(26-10)9-2-4-11(17)12(6-9)21(24)25/h2-7H,1H3,(H,22,23)(H,18,19,20)/b14-7-. The molecule has 2 aromatic heterocycles. The van der Waals surface area contributed by atoms with Gasteiger partial charge in [-0.3, -0.25) is 15.2 Å². The molecule has 0 aliphatic carbocycles. The van der Waals surface area contributed by atoms with Crippen LogP contribution in [-0.4, -0.2) is 31.2 Å². The van der Waals surface area contributed by atoms with Crippen molar-refractivity contribution in [2.24, 2.45) is 0 Å². The van der Waals surface area contributed by atoms with Crippen LogP contribution in [-0.2, 0) is 4.79 Å². The molecule has 138 valence electrons. The number of nitro groups is 1. The van der Waals surface area contributed by atoms with E-state index < -0.39 is 10.9 Å². The van der Waals surface area contributed by atoms with Crippen LogP contribution in [0.25, 0.3) is 17.4 Å². The molecule has 0 saturated carbocycles. The number of carbonyl (C=O) groups is 1. The first-order valence-electron chi connectivity index (χ1n) is 7.39. The Kier molecular flexibility index (Phi) is 5.28. The number of nitrogens with one attached hydrogen (secondary N) is 1. The van der Waals surface area contributed by atoms with Crippen molar-refractivity contribution in [2.75, 3.05) is 0 Å². The third kappa shape index (κ3) is 4.36. The fourth-order valence-electron chi connectivity index (χ4n) is 2.12. The van der Waals surface area contributed by atoms with Gasteiger partial charge in [0.2, 0.25) is 5.16 Å². The second-order valence-corrected chi connectivity index (χ2v) is 6.66. The van der Waals surface area contributed by atoms with Gasteiger partial charge in [0, 0.05) is 17.7 Å². The van der Waals surface area contributed by atoms with Gasteiger partial charge in [-0.2, -0.15) is 0 Å². The Morgan fingerprint density at radius 2 is 2.19 bits per heavy atom. The van der Waals surface area contributed by atoms with Crippen molar-refractivity contribution in [3.8, 4) is 11.3 Å². The Labute approximate surface area is 161 Å². The van der Waals surface area contributed by atoms with Gasteiger partial charge in [0.1, 0.15) is 27.3 Å². The van der Waals surface area contributed by atoms with Crippen LogP contribution in [0.4, 0.5) is 5.69 Å². The van der Waals surface area contributed by atoms with Gasteiger partial charge >= 0.3 is 5.97 Å². The Morgan fingerprint density at radius 3 is 2.81 bits per heavy atom. The Morgan fingerprint density at radius 1 is 1.41 bits per heavy atom. The molecule has 27 heavy (non-hydrogen) atoms. The molecule has 0 atom stereocenters. The van der Waals surface area contributed by atoms with Gasteiger partial charge in [-0.05, 0) is 43.0 Å². The summed E-state index contributed by atoms with van der Waals surface area (Å²) in [4.78, 5) is 25.9. The highest BCUT2D eigenvalue weighted by atomic mass is 35.5. The first-order valence-corrected chi connectivity index (χ1v) is 8.59. The zero-order chi connectivity index (χ0) is 19.6.